The van der Waals surface area contributed by atoms with Gasteiger partial charge in [0.05, 0.1) is 11.2 Å². The molecule has 1 aromatic heterocycles. The van der Waals surface area contributed by atoms with Crippen molar-refractivity contribution in [3.8, 4) is 0 Å². The monoisotopic (exact) mass is 275 g/mol. The highest BCUT2D eigenvalue weighted by atomic mass is 16.6. The van der Waals surface area contributed by atoms with Crippen LogP contribution >= 0.6 is 0 Å². The molecule has 0 unspecified atom stereocenters. The molecule has 2 rings (SSSR count). The Kier molecular flexibility index (Phi) is 3.58. The molecular weight excluding hydrogens is 266 g/mol. The summed E-state index contributed by atoms with van der Waals surface area (Å²) in [4.78, 5) is 33.8. The van der Waals surface area contributed by atoms with Gasteiger partial charge in [-0.3, -0.25) is 19.7 Å². The fourth-order valence-corrected chi connectivity index (χ4v) is 1.50. The Hall–Kier alpha value is -3.00. The first-order valence-electron chi connectivity index (χ1n) is 5.42. The van der Waals surface area contributed by atoms with Crippen LogP contribution < -0.4 is 5.84 Å². The predicted molar refractivity (Wildman–Crippen MR) is 66.5 cm³/mol. The van der Waals surface area contributed by atoms with Crippen LogP contribution in [0.15, 0.2) is 47.1 Å². The molecule has 0 spiro atoms. The maximum atomic E-state index is 12.0. The molecule has 0 aliphatic heterocycles. The maximum absolute atomic E-state index is 12.0. The number of hydrogen-bond acceptors (Lipinski definition) is 6. The van der Waals surface area contributed by atoms with Crippen molar-refractivity contribution in [2.24, 2.45) is 5.84 Å². The first kappa shape index (κ1) is 13.4. The first-order chi connectivity index (χ1) is 9.50. The summed E-state index contributed by atoms with van der Waals surface area (Å²) in [6.07, 6.45) is 1.26. The molecule has 0 saturated carbocycles. The molecule has 1 heterocycles. The number of rotatable bonds is 3. The van der Waals surface area contributed by atoms with Crippen LogP contribution in [0.1, 0.15) is 20.9 Å². The van der Waals surface area contributed by atoms with Crippen LogP contribution in [0, 0.1) is 10.1 Å². The van der Waals surface area contributed by atoms with Crippen LogP contribution in [0.5, 0.6) is 0 Å². The molecule has 102 valence electrons. The number of hydrogen-bond donors (Lipinski definition) is 1. The van der Waals surface area contributed by atoms with Crippen LogP contribution in [0.3, 0.4) is 0 Å². The molecule has 0 saturated heterocycles. The molecule has 0 fully saturated rings. The predicted octanol–water partition coefficient (Wildman–Crippen LogP) is 1.34. The number of furan rings is 1. The van der Waals surface area contributed by atoms with Crippen LogP contribution in [0.4, 0.5) is 5.69 Å². The van der Waals surface area contributed by atoms with Gasteiger partial charge in [0.1, 0.15) is 0 Å². The topological polar surface area (TPSA) is 120 Å². The van der Waals surface area contributed by atoms with Gasteiger partial charge in [-0.1, -0.05) is 6.07 Å². The van der Waals surface area contributed by atoms with E-state index in [9.17, 15) is 19.7 Å². The fourth-order valence-electron chi connectivity index (χ4n) is 1.50. The van der Waals surface area contributed by atoms with Gasteiger partial charge in [0.25, 0.3) is 11.6 Å². The number of non-ortho nitro benzene ring substituents is 1. The summed E-state index contributed by atoms with van der Waals surface area (Å²) >= 11 is 0. The third-order valence-corrected chi connectivity index (χ3v) is 2.47. The van der Waals surface area contributed by atoms with Gasteiger partial charge in [0, 0.05) is 17.7 Å². The van der Waals surface area contributed by atoms with Gasteiger partial charge in [0.2, 0.25) is 0 Å². The van der Waals surface area contributed by atoms with Crippen molar-refractivity contribution >= 4 is 17.5 Å². The zero-order valence-electron chi connectivity index (χ0n) is 10.1. The van der Waals surface area contributed by atoms with E-state index in [1.54, 1.807) is 0 Å². The van der Waals surface area contributed by atoms with E-state index in [-0.39, 0.29) is 17.0 Å². The number of amides is 2. The largest absolute Gasteiger partial charge is 0.459 e. The molecule has 2 aromatic rings. The summed E-state index contributed by atoms with van der Waals surface area (Å²) < 4.78 is 4.83. The molecule has 0 radical (unpaired) electrons. The number of nitro groups is 1. The van der Waals surface area contributed by atoms with Crippen molar-refractivity contribution in [3.63, 3.8) is 0 Å². The third-order valence-electron chi connectivity index (χ3n) is 2.47. The van der Waals surface area contributed by atoms with Crippen molar-refractivity contribution in [1.82, 2.24) is 5.01 Å². The van der Waals surface area contributed by atoms with Crippen molar-refractivity contribution in [3.05, 3.63) is 64.1 Å². The van der Waals surface area contributed by atoms with E-state index in [0.717, 1.165) is 6.07 Å². The molecule has 0 bridgehead atoms. The highest BCUT2D eigenvalue weighted by Crippen LogP contribution is 2.15. The molecule has 2 amide bonds. The second kappa shape index (κ2) is 5.33. The van der Waals surface area contributed by atoms with E-state index in [2.05, 4.69) is 0 Å². The number of nitro benzene ring substituents is 1. The third kappa shape index (κ3) is 2.54. The van der Waals surface area contributed by atoms with Gasteiger partial charge in [0.15, 0.2) is 5.76 Å². The van der Waals surface area contributed by atoms with Crippen LogP contribution in [-0.4, -0.2) is 21.7 Å². The second-order valence-electron chi connectivity index (χ2n) is 3.77. The number of carbonyl (C=O) groups excluding carboxylic acids is 2. The molecule has 0 aliphatic carbocycles. The van der Waals surface area contributed by atoms with E-state index in [1.165, 1.54) is 36.6 Å². The van der Waals surface area contributed by atoms with Crippen molar-refractivity contribution in [2.75, 3.05) is 0 Å². The van der Waals surface area contributed by atoms with E-state index < -0.39 is 16.7 Å². The van der Waals surface area contributed by atoms with Crippen LogP contribution in [0.25, 0.3) is 0 Å². The van der Waals surface area contributed by atoms with Crippen molar-refractivity contribution in [1.29, 1.82) is 0 Å². The molecule has 8 nitrogen and oxygen atoms in total. The molecular formula is C12H9N3O5. The standard InChI is InChI=1S/C12H9N3O5/c13-14(12(17)10-5-2-6-20-10)11(16)8-3-1-4-9(7-8)15(18)19/h1-7H,13H2. The van der Waals surface area contributed by atoms with Crippen molar-refractivity contribution < 1.29 is 18.9 Å². The average molecular weight is 275 g/mol. The van der Waals surface area contributed by atoms with E-state index in [4.69, 9.17) is 10.3 Å². The van der Waals surface area contributed by atoms with Gasteiger partial charge >= 0.3 is 5.91 Å². The molecule has 8 heteroatoms. The van der Waals surface area contributed by atoms with Crippen molar-refractivity contribution in [2.45, 2.75) is 0 Å². The number of nitrogens with zero attached hydrogens (tertiary/aromatic N) is 2. The second-order valence-corrected chi connectivity index (χ2v) is 3.77. The smallest absolute Gasteiger partial charge is 0.310 e. The molecule has 2 N–H and O–H groups in total. The SMILES string of the molecule is NN(C(=O)c1cccc([N+](=O)[O-])c1)C(=O)c1ccco1. The average Bonchev–Trinajstić information content (AvgIpc) is 2.99. The van der Waals surface area contributed by atoms with Gasteiger partial charge in [-0.15, -0.1) is 0 Å². The maximum Gasteiger partial charge on any atom is 0.310 e. The number of hydrazine groups is 1. The van der Waals surface area contributed by atoms with Gasteiger partial charge < -0.3 is 4.42 Å². The molecule has 0 atom stereocenters. The Bertz CT molecular complexity index is 665. The summed E-state index contributed by atoms with van der Waals surface area (Å²) in [5, 5.41) is 11.0. The first-order valence-corrected chi connectivity index (χ1v) is 5.42. The number of benzene rings is 1. The van der Waals surface area contributed by atoms with Crippen LogP contribution in [0.2, 0.25) is 0 Å². The minimum absolute atomic E-state index is 0.0680. The van der Waals surface area contributed by atoms with Gasteiger partial charge in [-0.25, -0.2) is 10.9 Å². The number of imide groups is 1. The lowest BCUT2D eigenvalue weighted by atomic mass is 10.2. The Morgan fingerprint density at radius 2 is 1.95 bits per heavy atom. The molecule has 20 heavy (non-hydrogen) atoms. The Balaban J connectivity index is 2.25. The number of nitrogens with two attached hydrogens (primary N) is 1. The van der Waals surface area contributed by atoms with Gasteiger partial charge in [-0.05, 0) is 18.2 Å². The Labute approximate surface area is 112 Å². The van der Waals surface area contributed by atoms with E-state index in [0.29, 0.717) is 5.01 Å². The minimum Gasteiger partial charge on any atom is -0.459 e. The summed E-state index contributed by atoms with van der Waals surface area (Å²) in [7, 11) is 0. The lowest BCUT2D eigenvalue weighted by molar-refractivity contribution is -0.384. The summed E-state index contributed by atoms with van der Waals surface area (Å²) in [6, 6.07) is 7.74. The summed E-state index contributed by atoms with van der Waals surface area (Å²) in [5.41, 5.74) is -0.337. The van der Waals surface area contributed by atoms with E-state index in [1.807, 2.05) is 0 Å². The highest BCUT2D eigenvalue weighted by Gasteiger charge is 2.24. The van der Waals surface area contributed by atoms with E-state index >= 15 is 0 Å². The van der Waals surface area contributed by atoms with Crippen LogP contribution in [-0.2, 0) is 0 Å². The quantitative estimate of drug-likeness (QED) is 0.297. The highest BCUT2D eigenvalue weighted by molar-refractivity contribution is 6.08. The molecule has 1 aromatic carbocycles. The summed E-state index contributed by atoms with van der Waals surface area (Å²) in [5.74, 6) is 3.60. The zero-order chi connectivity index (χ0) is 14.7. The lowest BCUT2D eigenvalue weighted by Gasteiger charge is -2.12. The lowest BCUT2D eigenvalue weighted by Crippen LogP contribution is -2.42. The fraction of sp³-hybridized carbons (Fsp3) is 0. The van der Waals surface area contributed by atoms with Gasteiger partial charge in [-0.2, -0.15) is 0 Å². The number of carbonyl (C=O) groups is 2. The minimum atomic E-state index is -0.866. The Morgan fingerprint density at radius 1 is 1.20 bits per heavy atom. The zero-order valence-corrected chi connectivity index (χ0v) is 10.1. The molecule has 0 aliphatic rings. The Morgan fingerprint density at radius 3 is 2.55 bits per heavy atom. The normalized spacial score (nSPS) is 10.1. The summed E-state index contributed by atoms with van der Waals surface area (Å²) in [6.45, 7) is 0.